The van der Waals surface area contributed by atoms with E-state index in [0.29, 0.717) is 17.8 Å². The van der Waals surface area contributed by atoms with Crippen LogP contribution in [0.2, 0.25) is 0 Å². The largest absolute Gasteiger partial charge is 0.0743 e. The minimum Gasteiger partial charge on any atom is -0.0743 e. The van der Waals surface area contributed by atoms with Crippen molar-refractivity contribution in [2.24, 2.45) is 0 Å². The molecule has 0 unspecified atom stereocenters. The van der Waals surface area contributed by atoms with Gasteiger partial charge in [0.25, 0.3) is 0 Å². The van der Waals surface area contributed by atoms with E-state index in [-0.39, 0.29) is 7.92 Å². The Balaban J connectivity index is 2.47. The quantitative estimate of drug-likeness (QED) is 0.410. The molecule has 3 rings (SSSR count). The maximum atomic E-state index is 2.54. The Hall–Kier alpha value is -1.13. The van der Waals surface area contributed by atoms with Crippen molar-refractivity contribution in [3.63, 3.8) is 0 Å². The van der Waals surface area contributed by atoms with Gasteiger partial charge in [-0.1, -0.05) is 68.0 Å². The second-order valence-corrected chi connectivity index (χ2v) is 13.2. The second kappa shape index (κ2) is 9.79. The summed E-state index contributed by atoms with van der Waals surface area (Å²) in [6, 6.07) is 5.08. The Morgan fingerprint density at radius 2 is 1.06 bits per heavy atom. The molecule has 1 saturated heterocycles. The highest BCUT2D eigenvalue weighted by atomic mass is 31.1. The molecular weight excluding hydrogens is 391 g/mol. The molecule has 1 heterocycles. The molecule has 170 valence electrons. The molecule has 0 saturated carbocycles. The van der Waals surface area contributed by atoms with Crippen LogP contribution in [-0.4, -0.2) is 12.3 Å². The smallest absolute Gasteiger partial charge is 0.00664 e. The van der Waals surface area contributed by atoms with Crippen LogP contribution in [0.25, 0.3) is 11.1 Å². The zero-order valence-electron chi connectivity index (χ0n) is 21.9. The van der Waals surface area contributed by atoms with Crippen LogP contribution in [-0.2, 0) is 0 Å². The molecule has 2 aromatic carbocycles. The minimum atomic E-state index is -0.0603. The van der Waals surface area contributed by atoms with Crippen LogP contribution in [0.15, 0.2) is 12.1 Å². The zero-order valence-corrected chi connectivity index (χ0v) is 22.8. The van der Waals surface area contributed by atoms with Gasteiger partial charge in [0.15, 0.2) is 0 Å². The highest BCUT2D eigenvalue weighted by Crippen LogP contribution is 2.49. The normalized spacial score (nSPS) is 15.5. The van der Waals surface area contributed by atoms with E-state index in [9.17, 15) is 0 Å². The van der Waals surface area contributed by atoms with E-state index < -0.39 is 0 Å². The van der Waals surface area contributed by atoms with Crippen LogP contribution in [0.5, 0.6) is 0 Å². The van der Waals surface area contributed by atoms with Gasteiger partial charge in [-0.15, -0.1) is 0 Å². The van der Waals surface area contributed by atoms with E-state index in [0.717, 1.165) is 0 Å². The van der Waals surface area contributed by atoms with Gasteiger partial charge in [-0.25, -0.2) is 0 Å². The Bertz CT molecular complexity index is 911. The van der Waals surface area contributed by atoms with Crippen LogP contribution in [0, 0.1) is 27.7 Å². The van der Waals surface area contributed by atoms with Crippen molar-refractivity contribution in [1.82, 2.24) is 0 Å². The highest BCUT2D eigenvalue weighted by Gasteiger charge is 2.28. The van der Waals surface area contributed by atoms with Gasteiger partial charge in [-0.05, 0) is 126 Å². The molecule has 1 aliphatic heterocycles. The molecule has 1 heteroatoms. The van der Waals surface area contributed by atoms with Crippen LogP contribution >= 0.6 is 7.92 Å². The van der Waals surface area contributed by atoms with Crippen molar-refractivity contribution in [3.05, 3.63) is 51.1 Å². The maximum Gasteiger partial charge on any atom is -0.00664 e. The highest BCUT2D eigenvalue weighted by molar-refractivity contribution is 7.66. The predicted octanol–water partition coefficient (Wildman–Crippen LogP) is 9.25. The first-order valence-electron chi connectivity index (χ1n) is 12.6. The van der Waals surface area contributed by atoms with Gasteiger partial charge in [0.1, 0.15) is 0 Å². The van der Waals surface area contributed by atoms with E-state index in [1.807, 2.05) is 0 Å². The number of rotatable bonds is 5. The van der Waals surface area contributed by atoms with Crippen molar-refractivity contribution < 1.29 is 0 Å². The summed E-state index contributed by atoms with van der Waals surface area (Å²) in [4.78, 5) is 0. The molecule has 0 amide bonds. The lowest BCUT2D eigenvalue weighted by atomic mass is 9.79. The fourth-order valence-electron chi connectivity index (χ4n) is 5.36. The van der Waals surface area contributed by atoms with Gasteiger partial charge in [-0.2, -0.15) is 0 Å². The summed E-state index contributed by atoms with van der Waals surface area (Å²) >= 11 is 0. The molecule has 1 fully saturated rings. The second-order valence-electron chi connectivity index (χ2n) is 10.8. The fourth-order valence-corrected chi connectivity index (χ4v) is 8.48. The lowest BCUT2D eigenvalue weighted by molar-refractivity contribution is 0.755. The lowest BCUT2D eigenvalue weighted by Crippen LogP contribution is -2.21. The van der Waals surface area contributed by atoms with Crippen molar-refractivity contribution in [3.8, 4) is 11.1 Å². The summed E-state index contributed by atoms with van der Waals surface area (Å²) in [7, 11) is -0.0603. The van der Waals surface area contributed by atoms with Crippen molar-refractivity contribution in [2.45, 2.75) is 106 Å². The van der Waals surface area contributed by atoms with Crippen LogP contribution in [0.3, 0.4) is 0 Å². The molecular formula is C30H45P. The first-order chi connectivity index (χ1) is 14.6. The minimum absolute atomic E-state index is 0.0603. The molecule has 0 atom stereocenters. The standard InChI is InChI=1S/C30H45P/c1-18(2)25-16-26(19(3)4)29(27(17-25)20(5)6)28-23(9)21(7)22(8)24(10)30(28)31-14-12-11-13-15-31/h16-20H,11-15H2,1-10H3. The fraction of sp³-hybridized carbons (Fsp3) is 0.600. The molecule has 0 spiro atoms. The summed E-state index contributed by atoms with van der Waals surface area (Å²) in [5.74, 6) is 1.62. The first kappa shape index (κ1) is 24.5. The summed E-state index contributed by atoms with van der Waals surface area (Å²) in [5, 5.41) is 1.75. The molecule has 1 aliphatic rings. The van der Waals surface area contributed by atoms with Crippen molar-refractivity contribution >= 4 is 13.2 Å². The molecule has 0 nitrogen and oxygen atoms in total. The van der Waals surface area contributed by atoms with E-state index in [4.69, 9.17) is 0 Å². The summed E-state index contributed by atoms with van der Waals surface area (Å²) in [5.41, 5.74) is 14.0. The number of hydrogen-bond acceptors (Lipinski definition) is 0. The summed E-state index contributed by atoms with van der Waals surface area (Å²) in [6.07, 6.45) is 7.09. The van der Waals surface area contributed by atoms with Gasteiger partial charge in [0, 0.05) is 0 Å². The molecule has 31 heavy (non-hydrogen) atoms. The van der Waals surface area contributed by atoms with E-state index in [1.54, 1.807) is 33.1 Å². The lowest BCUT2D eigenvalue weighted by Gasteiger charge is -2.33. The van der Waals surface area contributed by atoms with Crippen molar-refractivity contribution in [2.75, 3.05) is 12.3 Å². The molecule has 0 bridgehead atoms. The van der Waals surface area contributed by atoms with E-state index in [1.165, 1.54) is 53.8 Å². The third-order valence-electron chi connectivity index (χ3n) is 7.71. The Labute approximate surface area is 194 Å². The van der Waals surface area contributed by atoms with E-state index in [2.05, 4.69) is 81.4 Å². The summed E-state index contributed by atoms with van der Waals surface area (Å²) < 4.78 is 0. The van der Waals surface area contributed by atoms with Gasteiger partial charge < -0.3 is 0 Å². The Morgan fingerprint density at radius 1 is 0.581 bits per heavy atom. The van der Waals surface area contributed by atoms with Crippen LogP contribution in [0.4, 0.5) is 0 Å². The molecule has 0 radical (unpaired) electrons. The Morgan fingerprint density at radius 3 is 1.52 bits per heavy atom. The van der Waals surface area contributed by atoms with Gasteiger partial charge in [0.2, 0.25) is 0 Å². The number of benzene rings is 2. The van der Waals surface area contributed by atoms with Gasteiger partial charge >= 0.3 is 0 Å². The van der Waals surface area contributed by atoms with Gasteiger partial charge in [-0.3, -0.25) is 0 Å². The SMILES string of the molecule is Cc1c(C)c(C)c(P2CCCCC2)c(-c2c(C(C)C)cc(C(C)C)cc2C(C)C)c1C. The molecule has 0 aliphatic carbocycles. The topological polar surface area (TPSA) is 0 Å². The molecule has 0 aromatic heterocycles. The van der Waals surface area contributed by atoms with Crippen molar-refractivity contribution in [1.29, 1.82) is 0 Å². The average molecular weight is 437 g/mol. The zero-order chi connectivity index (χ0) is 23.0. The number of hydrogen-bond donors (Lipinski definition) is 0. The maximum absolute atomic E-state index is 2.54. The first-order valence-corrected chi connectivity index (χ1v) is 14.3. The third-order valence-corrected chi connectivity index (χ3v) is 10.6. The molecule has 0 N–H and O–H groups in total. The van der Waals surface area contributed by atoms with Crippen LogP contribution in [0.1, 0.15) is 118 Å². The third kappa shape index (κ3) is 4.66. The average Bonchev–Trinajstić information content (AvgIpc) is 2.74. The van der Waals surface area contributed by atoms with E-state index >= 15 is 0 Å². The van der Waals surface area contributed by atoms with Gasteiger partial charge in [0.05, 0.1) is 0 Å². The van der Waals surface area contributed by atoms with Crippen LogP contribution < -0.4 is 5.30 Å². The Kier molecular flexibility index (Phi) is 7.74. The molecule has 2 aromatic rings. The predicted molar refractivity (Wildman–Crippen MR) is 143 cm³/mol. The monoisotopic (exact) mass is 436 g/mol. The summed E-state index contributed by atoms with van der Waals surface area (Å²) in [6.45, 7) is 23.8.